The predicted molar refractivity (Wildman–Crippen MR) is 131 cm³/mol. The van der Waals surface area contributed by atoms with E-state index in [2.05, 4.69) is 40.8 Å². The van der Waals surface area contributed by atoms with Crippen molar-refractivity contribution in [1.29, 1.82) is 0 Å². The zero-order valence-electron chi connectivity index (χ0n) is 18.1. The molecule has 0 saturated carbocycles. The number of carbonyl (C=O) groups is 1. The molecule has 0 N–H and O–H groups in total. The quantitative estimate of drug-likeness (QED) is 0.414. The fourth-order valence-corrected chi connectivity index (χ4v) is 4.58. The molecule has 0 aliphatic heterocycles. The Morgan fingerprint density at radius 1 is 0.968 bits per heavy atom. The molecule has 8 heteroatoms. The van der Waals surface area contributed by atoms with Crippen LogP contribution in [0.4, 0.5) is 5.13 Å². The summed E-state index contributed by atoms with van der Waals surface area (Å²) in [4.78, 5) is 31.0. The van der Waals surface area contributed by atoms with Gasteiger partial charge in [-0.25, -0.2) is 4.98 Å². The van der Waals surface area contributed by atoms with Crippen LogP contribution >= 0.6 is 23.7 Å². The highest BCUT2D eigenvalue weighted by atomic mass is 35.5. The summed E-state index contributed by atoms with van der Waals surface area (Å²) in [5, 5.41) is 0.741. The van der Waals surface area contributed by atoms with Crippen molar-refractivity contribution in [2.24, 2.45) is 0 Å². The first kappa shape index (κ1) is 23.1. The average Bonchev–Trinajstić information content (AvgIpc) is 3.19. The van der Waals surface area contributed by atoms with Crippen LogP contribution in [-0.2, 0) is 0 Å². The van der Waals surface area contributed by atoms with Gasteiger partial charge in [-0.1, -0.05) is 23.5 Å². The number of fused-ring (bicyclic) bond motifs is 2. The van der Waals surface area contributed by atoms with Crippen LogP contribution in [0.2, 0.25) is 0 Å². The van der Waals surface area contributed by atoms with E-state index in [4.69, 9.17) is 4.98 Å². The van der Waals surface area contributed by atoms with Gasteiger partial charge in [-0.15, -0.1) is 12.4 Å². The number of hydrogen-bond acceptors (Lipinski definition) is 6. The Balaban J connectivity index is 0.00000272. The SMILES string of the molecule is Cc1ccc(C)c2sc(N(CCCN(C)C)C(=O)c3ccc4nccnc4c3)nc12.Cl. The Kier molecular flexibility index (Phi) is 7.20. The van der Waals surface area contributed by atoms with Crippen molar-refractivity contribution in [3.63, 3.8) is 0 Å². The molecule has 0 bridgehead atoms. The maximum absolute atomic E-state index is 13.5. The third kappa shape index (κ3) is 4.84. The number of nitrogens with zero attached hydrogens (tertiary/aromatic N) is 5. The van der Waals surface area contributed by atoms with E-state index < -0.39 is 0 Å². The largest absolute Gasteiger partial charge is 0.309 e. The molecule has 2 aromatic heterocycles. The molecule has 162 valence electrons. The van der Waals surface area contributed by atoms with Crippen LogP contribution in [0.3, 0.4) is 0 Å². The van der Waals surface area contributed by atoms with Crippen molar-refractivity contribution in [3.05, 3.63) is 59.4 Å². The van der Waals surface area contributed by atoms with Crippen LogP contribution in [0.15, 0.2) is 42.7 Å². The fraction of sp³-hybridized carbons (Fsp3) is 0.304. The molecule has 0 aliphatic carbocycles. The Morgan fingerprint density at radius 3 is 2.39 bits per heavy atom. The number of benzene rings is 2. The van der Waals surface area contributed by atoms with Gasteiger partial charge in [-0.05, 0) is 70.2 Å². The minimum absolute atomic E-state index is 0. The minimum Gasteiger partial charge on any atom is -0.309 e. The Hall–Kier alpha value is -2.61. The second kappa shape index (κ2) is 9.68. The summed E-state index contributed by atoms with van der Waals surface area (Å²) < 4.78 is 1.14. The van der Waals surface area contributed by atoms with Crippen molar-refractivity contribution in [2.45, 2.75) is 20.3 Å². The lowest BCUT2D eigenvalue weighted by Crippen LogP contribution is -2.33. The average molecular weight is 456 g/mol. The first-order valence-electron chi connectivity index (χ1n) is 9.98. The Labute approximate surface area is 192 Å². The second-order valence-corrected chi connectivity index (χ2v) is 8.72. The van der Waals surface area contributed by atoms with Gasteiger partial charge in [0, 0.05) is 24.5 Å². The van der Waals surface area contributed by atoms with Gasteiger partial charge < -0.3 is 4.90 Å². The van der Waals surface area contributed by atoms with Crippen LogP contribution in [0.1, 0.15) is 27.9 Å². The van der Waals surface area contributed by atoms with Crippen molar-refractivity contribution in [3.8, 4) is 0 Å². The molecular formula is C23H26ClN5OS. The number of anilines is 1. The molecule has 4 rings (SSSR count). The minimum atomic E-state index is -0.0596. The molecule has 0 spiro atoms. The molecule has 0 aliphatic rings. The van der Waals surface area contributed by atoms with E-state index in [1.165, 1.54) is 5.56 Å². The number of amides is 1. The summed E-state index contributed by atoms with van der Waals surface area (Å²) in [7, 11) is 4.08. The first-order chi connectivity index (χ1) is 14.4. The predicted octanol–water partition coefficient (Wildman–Crippen LogP) is 4.88. The van der Waals surface area contributed by atoms with Crippen molar-refractivity contribution >= 4 is 56.0 Å². The van der Waals surface area contributed by atoms with Crippen molar-refractivity contribution in [2.75, 3.05) is 32.1 Å². The molecule has 2 aromatic carbocycles. The van der Waals surface area contributed by atoms with Gasteiger partial charge >= 0.3 is 0 Å². The van der Waals surface area contributed by atoms with Crippen LogP contribution in [0.5, 0.6) is 0 Å². The van der Waals surface area contributed by atoms with E-state index in [1.54, 1.807) is 23.7 Å². The zero-order chi connectivity index (χ0) is 21.3. The molecule has 0 saturated heterocycles. The molecule has 0 radical (unpaired) electrons. The number of aromatic nitrogens is 3. The fourth-order valence-electron chi connectivity index (χ4n) is 3.44. The van der Waals surface area contributed by atoms with Gasteiger partial charge in [-0.2, -0.15) is 0 Å². The van der Waals surface area contributed by atoms with Gasteiger partial charge in [-0.3, -0.25) is 19.7 Å². The summed E-state index contributed by atoms with van der Waals surface area (Å²) in [5.74, 6) is -0.0596. The van der Waals surface area contributed by atoms with Crippen molar-refractivity contribution < 1.29 is 4.79 Å². The summed E-state index contributed by atoms with van der Waals surface area (Å²) in [5.41, 5.74) is 5.37. The Bertz CT molecular complexity index is 1180. The summed E-state index contributed by atoms with van der Waals surface area (Å²) in [6.07, 6.45) is 4.16. The molecular weight excluding hydrogens is 430 g/mol. The van der Waals surface area contributed by atoms with E-state index in [1.807, 2.05) is 37.2 Å². The first-order valence-corrected chi connectivity index (χ1v) is 10.8. The summed E-state index contributed by atoms with van der Waals surface area (Å²) >= 11 is 1.58. The Morgan fingerprint density at radius 2 is 1.68 bits per heavy atom. The third-order valence-electron chi connectivity index (χ3n) is 5.11. The lowest BCUT2D eigenvalue weighted by atomic mass is 10.1. The highest BCUT2D eigenvalue weighted by Crippen LogP contribution is 2.34. The topological polar surface area (TPSA) is 62.2 Å². The van der Waals surface area contributed by atoms with Crippen LogP contribution in [0, 0.1) is 13.8 Å². The van der Waals surface area contributed by atoms with Gasteiger partial charge in [0.25, 0.3) is 5.91 Å². The van der Waals surface area contributed by atoms with E-state index >= 15 is 0 Å². The van der Waals surface area contributed by atoms with E-state index in [0.717, 1.165) is 39.4 Å². The number of carbonyl (C=O) groups excluding carboxylic acids is 1. The van der Waals surface area contributed by atoms with E-state index in [9.17, 15) is 4.79 Å². The molecule has 0 atom stereocenters. The van der Waals surface area contributed by atoms with Gasteiger partial charge in [0.05, 0.1) is 21.3 Å². The number of hydrogen-bond donors (Lipinski definition) is 0. The number of aryl methyl sites for hydroxylation is 2. The molecule has 2 heterocycles. The smallest absolute Gasteiger partial charge is 0.260 e. The molecule has 0 fully saturated rings. The van der Waals surface area contributed by atoms with Crippen LogP contribution in [0.25, 0.3) is 21.3 Å². The van der Waals surface area contributed by atoms with Crippen molar-refractivity contribution in [1.82, 2.24) is 19.9 Å². The van der Waals surface area contributed by atoms with Crippen LogP contribution < -0.4 is 4.90 Å². The van der Waals surface area contributed by atoms with E-state index in [0.29, 0.717) is 17.6 Å². The highest BCUT2D eigenvalue weighted by molar-refractivity contribution is 7.22. The lowest BCUT2D eigenvalue weighted by Gasteiger charge is -2.21. The molecule has 4 aromatic rings. The van der Waals surface area contributed by atoms with Gasteiger partial charge in [0.2, 0.25) is 0 Å². The van der Waals surface area contributed by atoms with Gasteiger partial charge in [0.1, 0.15) is 0 Å². The molecule has 1 amide bonds. The highest BCUT2D eigenvalue weighted by Gasteiger charge is 2.22. The van der Waals surface area contributed by atoms with E-state index in [-0.39, 0.29) is 18.3 Å². The maximum Gasteiger partial charge on any atom is 0.260 e. The summed E-state index contributed by atoms with van der Waals surface area (Å²) in [6, 6.07) is 9.68. The standard InChI is InChI=1S/C23H25N5OS.ClH/c1-15-6-7-16(2)21-20(15)26-23(30-21)28(13-5-12-27(3)4)22(29)17-8-9-18-19(14-17)25-11-10-24-18;/h6-11,14H,5,12-13H2,1-4H3;1H. The summed E-state index contributed by atoms with van der Waals surface area (Å²) in [6.45, 7) is 5.65. The third-order valence-corrected chi connectivity index (χ3v) is 6.32. The van der Waals surface area contributed by atoms with Crippen LogP contribution in [-0.4, -0.2) is 52.9 Å². The molecule has 0 unspecified atom stereocenters. The molecule has 6 nitrogen and oxygen atoms in total. The van der Waals surface area contributed by atoms with Gasteiger partial charge in [0.15, 0.2) is 5.13 Å². The normalized spacial score (nSPS) is 11.1. The monoisotopic (exact) mass is 455 g/mol. The number of halogens is 1. The molecule has 31 heavy (non-hydrogen) atoms. The lowest BCUT2D eigenvalue weighted by molar-refractivity contribution is 0.0986. The zero-order valence-corrected chi connectivity index (χ0v) is 19.8. The number of rotatable bonds is 6. The number of thiazole rings is 1. The second-order valence-electron chi connectivity index (χ2n) is 7.75. The maximum atomic E-state index is 13.5.